The van der Waals surface area contributed by atoms with Crippen molar-refractivity contribution < 1.29 is 0 Å². The van der Waals surface area contributed by atoms with E-state index in [1.54, 1.807) is 0 Å². The van der Waals surface area contributed by atoms with Gasteiger partial charge in [-0.3, -0.25) is 4.99 Å². The van der Waals surface area contributed by atoms with Gasteiger partial charge in [0.25, 0.3) is 0 Å². The first-order valence-corrected chi connectivity index (χ1v) is 10.2. The fourth-order valence-corrected chi connectivity index (χ4v) is 4.44. The van der Waals surface area contributed by atoms with Crippen LogP contribution in [0.25, 0.3) is 0 Å². The van der Waals surface area contributed by atoms with E-state index in [2.05, 4.69) is 48.3 Å². The van der Waals surface area contributed by atoms with Crippen molar-refractivity contribution in [3.05, 3.63) is 5.82 Å². The molecule has 0 amide bonds. The Kier molecular flexibility index (Phi) is 6.47. The Bertz CT molecular complexity index is 565. The molecule has 3 heterocycles. The van der Waals surface area contributed by atoms with Crippen LogP contribution in [0.1, 0.15) is 25.6 Å². The minimum absolute atomic E-state index is 0.727. The maximum atomic E-state index is 4.61. The predicted octanol–water partition coefficient (Wildman–Crippen LogP) is 1.14. The average molecular weight is 366 g/mol. The number of nitrogens with zero attached hydrogens (tertiary/aromatic N) is 6. The second kappa shape index (κ2) is 8.80. The summed E-state index contributed by atoms with van der Waals surface area (Å²) >= 11 is 1.52. The van der Waals surface area contributed by atoms with Gasteiger partial charge < -0.3 is 20.0 Å². The Morgan fingerprint density at radius 2 is 2.08 bits per heavy atom. The molecule has 2 aliphatic rings. The molecule has 0 spiro atoms. The highest BCUT2D eigenvalue weighted by atomic mass is 32.1. The lowest BCUT2D eigenvalue weighted by atomic mass is 9.98. The zero-order valence-corrected chi connectivity index (χ0v) is 16.6. The number of hydrogen-bond acceptors (Lipinski definition) is 6. The molecule has 2 saturated heterocycles. The number of likely N-dealkylation sites (tertiary alicyclic amines) is 1. The van der Waals surface area contributed by atoms with Gasteiger partial charge >= 0.3 is 0 Å². The highest BCUT2D eigenvalue weighted by Gasteiger charge is 2.23. The van der Waals surface area contributed by atoms with Gasteiger partial charge in [0.15, 0.2) is 5.96 Å². The molecular weight excluding hydrogens is 334 g/mol. The van der Waals surface area contributed by atoms with Gasteiger partial charge in [0.1, 0.15) is 5.82 Å². The Hall–Kier alpha value is -1.41. The van der Waals surface area contributed by atoms with Crippen LogP contribution in [-0.4, -0.2) is 85.0 Å². The SMILES string of the molecule is CCc1nsc(N2CCN(C(=NC)NCC3CCCN(C)C3)CC2)n1. The van der Waals surface area contributed by atoms with E-state index < -0.39 is 0 Å². The van der Waals surface area contributed by atoms with Gasteiger partial charge in [-0.15, -0.1) is 0 Å². The first kappa shape index (κ1) is 18.4. The van der Waals surface area contributed by atoms with E-state index >= 15 is 0 Å². The summed E-state index contributed by atoms with van der Waals surface area (Å²) in [5.74, 6) is 2.72. The van der Waals surface area contributed by atoms with Gasteiger partial charge in [0.05, 0.1) is 0 Å². The lowest BCUT2D eigenvalue weighted by Gasteiger charge is -2.37. The number of aryl methyl sites for hydroxylation is 1. The molecule has 7 nitrogen and oxygen atoms in total. The van der Waals surface area contributed by atoms with Crippen molar-refractivity contribution in [1.82, 2.24) is 24.5 Å². The molecule has 2 fully saturated rings. The van der Waals surface area contributed by atoms with Crippen LogP contribution in [0, 0.1) is 5.92 Å². The van der Waals surface area contributed by atoms with E-state index in [0.717, 1.165) is 62.0 Å². The van der Waals surface area contributed by atoms with Crippen molar-refractivity contribution in [2.24, 2.45) is 10.9 Å². The Labute approximate surface area is 155 Å². The molecule has 8 heteroatoms. The summed E-state index contributed by atoms with van der Waals surface area (Å²) in [6.45, 7) is 9.46. The topological polar surface area (TPSA) is 59.9 Å². The van der Waals surface area contributed by atoms with Crippen LogP contribution in [0.4, 0.5) is 5.13 Å². The number of piperidine rings is 1. The van der Waals surface area contributed by atoms with Crippen LogP contribution in [0.2, 0.25) is 0 Å². The second-order valence-electron chi connectivity index (χ2n) is 7.02. The molecule has 1 unspecified atom stereocenters. The van der Waals surface area contributed by atoms with Crippen molar-refractivity contribution in [3.8, 4) is 0 Å². The lowest BCUT2D eigenvalue weighted by Crippen LogP contribution is -2.53. The standard InChI is InChI=1S/C17H31N7S/c1-4-15-20-17(25-21-15)24-10-8-23(9-11-24)16(18-2)19-12-14-6-5-7-22(3)13-14/h14H,4-13H2,1-3H3,(H,18,19). The highest BCUT2D eigenvalue weighted by molar-refractivity contribution is 7.09. The first-order chi connectivity index (χ1) is 12.2. The fraction of sp³-hybridized carbons (Fsp3) is 0.824. The number of nitrogens with one attached hydrogen (secondary N) is 1. The van der Waals surface area contributed by atoms with Crippen molar-refractivity contribution in [2.45, 2.75) is 26.2 Å². The molecule has 1 aromatic rings. The molecule has 0 bridgehead atoms. The summed E-state index contributed by atoms with van der Waals surface area (Å²) < 4.78 is 4.40. The Morgan fingerprint density at radius 1 is 1.28 bits per heavy atom. The number of hydrogen-bond donors (Lipinski definition) is 1. The summed E-state index contributed by atoms with van der Waals surface area (Å²) in [7, 11) is 4.11. The van der Waals surface area contributed by atoms with E-state index in [1.165, 1.54) is 37.5 Å². The molecule has 1 atom stereocenters. The Balaban J connectivity index is 1.47. The van der Waals surface area contributed by atoms with Crippen LogP contribution in [0.5, 0.6) is 0 Å². The minimum atomic E-state index is 0.727. The van der Waals surface area contributed by atoms with E-state index in [0.29, 0.717) is 0 Å². The number of aromatic nitrogens is 2. The molecule has 0 aliphatic carbocycles. The van der Waals surface area contributed by atoms with E-state index in [4.69, 9.17) is 0 Å². The molecule has 3 rings (SSSR count). The number of piperazine rings is 1. The summed E-state index contributed by atoms with van der Waals surface area (Å²) in [4.78, 5) is 16.3. The molecule has 0 radical (unpaired) electrons. The quantitative estimate of drug-likeness (QED) is 0.638. The van der Waals surface area contributed by atoms with Gasteiger partial charge in [0, 0.05) is 64.3 Å². The molecule has 2 aliphatic heterocycles. The number of anilines is 1. The normalized spacial score (nSPS) is 23.2. The van der Waals surface area contributed by atoms with Gasteiger partial charge in [-0.05, 0) is 32.4 Å². The van der Waals surface area contributed by atoms with Crippen LogP contribution in [0.15, 0.2) is 4.99 Å². The fourth-order valence-electron chi connectivity index (χ4n) is 3.63. The van der Waals surface area contributed by atoms with Crippen molar-refractivity contribution >= 4 is 22.6 Å². The molecule has 1 N–H and O–H groups in total. The zero-order valence-electron chi connectivity index (χ0n) is 15.7. The summed E-state index contributed by atoms with van der Waals surface area (Å²) in [5.41, 5.74) is 0. The third kappa shape index (κ3) is 4.82. The van der Waals surface area contributed by atoms with Crippen molar-refractivity contribution in [1.29, 1.82) is 0 Å². The van der Waals surface area contributed by atoms with Crippen LogP contribution in [0.3, 0.4) is 0 Å². The van der Waals surface area contributed by atoms with Gasteiger partial charge in [-0.2, -0.15) is 4.37 Å². The minimum Gasteiger partial charge on any atom is -0.356 e. The molecule has 1 aromatic heterocycles. The number of guanidine groups is 1. The van der Waals surface area contributed by atoms with Crippen LogP contribution in [-0.2, 0) is 6.42 Å². The third-order valence-corrected chi connectivity index (χ3v) is 5.92. The molecule has 25 heavy (non-hydrogen) atoms. The van der Waals surface area contributed by atoms with Crippen molar-refractivity contribution in [2.75, 3.05) is 64.8 Å². The van der Waals surface area contributed by atoms with Gasteiger partial charge in [0.2, 0.25) is 5.13 Å². The predicted molar refractivity (Wildman–Crippen MR) is 105 cm³/mol. The maximum absolute atomic E-state index is 4.61. The zero-order chi connectivity index (χ0) is 17.6. The van der Waals surface area contributed by atoms with E-state index in [1.807, 2.05) is 7.05 Å². The Morgan fingerprint density at radius 3 is 2.72 bits per heavy atom. The summed E-state index contributed by atoms with van der Waals surface area (Å²) in [6, 6.07) is 0. The van der Waals surface area contributed by atoms with Crippen LogP contribution < -0.4 is 10.2 Å². The largest absolute Gasteiger partial charge is 0.356 e. The molecule has 0 saturated carbocycles. The molecular formula is C17H31N7S. The van der Waals surface area contributed by atoms with Crippen molar-refractivity contribution in [3.63, 3.8) is 0 Å². The molecule has 140 valence electrons. The van der Waals surface area contributed by atoms with Gasteiger partial charge in [-0.1, -0.05) is 6.92 Å². The van der Waals surface area contributed by atoms with E-state index in [-0.39, 0.29) is 0 Å². The monoisotopic (exact) mass is 365 g/mol. The first-order valence-electron chi connectivity index (χ1n) is 9.41. The third-order valence-electron chi connectivity index (χ3n) is 5.11. The summed E-state index contributed by atoms with van der Waals surface area (Å²) in [6.07, 6.45) is 3.53. The average Bonchev–Trinajstić information content (AvgIpc) is 3.12. The number of aliphatic imine (C=N–C) groups is 1. The van der Waals surface area contributed by atoms with Crippen LogP contribution >= 0.6 is 11.5 Å². The lowest BCUT2D eigenvalue weighted by molar-refractivity contribution is 0.209. The maximum Gasteiger partial charge on any atom is 0.205 e. The second-order valence-corrected chi connectivity index (χ2v) is 7.75. The smallest absolute Gasteiger partial charge is 0.205 e. The number of rotatable bonds is 4. The highest BCUT2D eigenvalue weighted by Crippen LogP contribution is 2.19. The van der Waals surface area contributed by atoms with Gasteiger partial charge in [-0.25, -0.2) is 4.98 Å². The summed E-state index contributed by atoms with van der Waals surface area (Å²) in [5, 5.41) is 4.66. The van der Waals surface area contributed by atoms with E-state index in [9.17, 15) is 0 Å². The molecule has 0 aromatic carbocycles.